The van der Waals surface area contributed by atoms with Gasteiger partial charge in [0.05, 0.1) is 7.11 Å². The normalized spacial score (nSPS) is 10.6. The van der Waals surface area contributed by atoms with E-state index in [9.17, 15) is 0 Å². The van der Waals surface area contributed by atoms with Crippen LogP contribution in [0.25, 0.3) is 0 Å². The predicted molar refractivity (Wildman–Crippen MR) is 119 cm³/mol. The zero-order valence-corrected chi connectivity index (χ0v) is 18.4. The molecule has 0 aromatic heterocycles. The van der Waals surface area contributed by atoms with Crippen LogP contribution in [0.5, 0.6) is 11.5 Å². The molecular weight excluding hydrogens is 414 g/mol. The van der Waals surface area contributed by atoms with Crippen molar-refractivity contribution in [3.05, 3.63) is 86.9 Å². The number of hydrogen-bond donors (Lipinski definition) is 1. The minimum atomic E-state index is 0.505. The van der Waals surface area contributed by atoms with Gasteiger partial charge in [-0.2, -0.15) is 0 Å². The van der Waals surface area contributed by atoms with Crippen LogP contribution in [0.3, 0.4) is 0 Å². The second-order valence-corrected chi connectivity index (χ2v) is 7.88. The number of halogens is 1. The number of benzene rings is 3. The first-order valence-electron chi connectivity index (χ1n) is 9.32. The summed E-state index contributed by atoms with van der Waals surface area (Å²) in [5, 5.41) is 3.48. The number of ether oxygens (including phenoxy) is 2. The summed E-state index contributed by atoms with van der Waals surface area (Å²) < 4.78 is 12.6. The van der Waals surface area contributed by atoms with Gasteiger partial charge in [-0.25, -0.2) is 0 Å². The van der Waals surface area contributed by atoms with Crippen molar-refractivity contribution in [2.24, 2.45) is 0 Å². The Hall–Kier alpha value is -2.46. The molecule has 0 saturated heterocycles. The third-order valence-corrected chi connectivity index (χ3v) is 5.54. The molecular formula is C24H26BrNO2. The number of nitrogens with one attached hydrogen (secondary N) is 1. The molecule has 3 nitrogen and oxygen atoms in total. The molecule has 0 spiro atoms. The number of hydrogen-bond acceptors (Lipinski definition) is 3. The van der Waals surface area contributed by atoms with E-state index < -0.39 is 0 Å². The van der Waals surface area contributed by atoms with Crippen molar-refractivity contribution in [1.29, 1.82) is 0 Å². The van der Waals surface area contributed by atoms with Crippen molar-refractivity contribution < 1.29 is 9.47 Å². The van der Waals surface area contributed by atoms with E-state index in [-0.39, 0.29) is 0 Å². The Labute approximate surface area is 175 Å². The standard InChI is InChI=1S/C24H26BrNO2/c1-16-6-5-7-19(10-16)15-28-24-13-22(25)20(12-23(24)27-4)14-26-21-9-8-17(2)18(3)11-21/h5-13,26H,14-15H2,1-4H3. The van der Waals surface area contributed by atoms with Crippen molar-refractivity contribution in [3.63, 3.8) is 0 Å². The van der Waals surface area contributed by atoms with E-state index in [1.165, 1.54) is 16.7 Å². The van der Waals surface area contributed by atoms with Crippen LogP contribution in [0.1, 0.15) is 27.8 Å². The Morgan fingerprint density at radius 1 is 0.893 bits per heavy atom. The van der Waals surface area contributed by atoms with E-state index >= 15 is 0 Å². The Morgan fingerprint density at radius 2 is 1.71 bits per heavy atom. The molecule has 0 atom stereocenters. The summed E-state index contributed by atoms with van der Waals surface area (Å²) in [5.74, 6) is 1.46. The molecule has 3 aromatic rings. The SMILES string of the molecule is COc1cc(CNc2ccc(C)c(C)c2)c(Br)cc1OCc1cccc(C)c1. The third kappa shape index (κ3) is 5.08. The predicted octanol–water partition coefficient (Wildman–Crippen LogP) is 6.57. The fraction of sp³-hybridized carbons (Fsp3) is 0.250. The van der Waals surface area contributed by atoms with Gasteiger partial charge >= 0.3 is 0 Å². The highest BCUT2D eigenvalue weighted by Crippen LogP contribution is 2.34. The van der Waals surface area contributed by atoms with Crippen LogP contribution in [0.4, 0.5) is 5.69 Å². The lowest BCUT2D eigenvalue weighted by molar-refractivity contribution is 0.284. The molecule has 0 aliphatic rings. The number of anilines is 1. The van der Waals surface area contributed by atoms with Crippen LogP contribution in [0, 0.1) is 20.8 Å². The van der Waals surface area contributed by atoms with Crippen molar-refractivity contribution >= 4 is 21.6 Å². The Bertz CT molecular complexity index is 969. The molecule has 3 rings (SSSR count). The Kier molecular flexibility index (Phi) is 6.63. The number of aryl methyl sites for hydroxylation is 3. The van der Waals surface area contributed by atoms with Crippen LogP contribution in [0.2, 0.25) is 0 Å². The van der Waals surface area contributed by atoms with Crippen LogP contribution >= 0.6 is 15.9 Å². The lowest BCUT2D eigenvalue weighted by Crippen LogP contribution is -2.03. The van der Waals surface area contributed by atoms with E-state index in [1.54, 1.807) is 7.11 Å². The molecule has 4 heteroatoms. The fourth-order valence-corrected chi connectivity index (χ4v) is 3.46. The van der Waals surface area contributed by atoms with Crippen molar-refractivity contribution in [3.8, 4) is 11.5 Å². The largest absolute Gasteiger partial charge is 0.493 e. The monoisotopic (exact) mass is 439 g/mol. The van der Waals surface area contributed by atoms with Crippen LogP contribution in [-0.2, 0) is 13.2 Å². The maximum absolute atomic E-state index is 6.02. The average molecular weight is 440 g/mol. The lowest BCUT2D eigenvalue weighted by Gasteiger charge is -2.15. The minimum absolute atomic E-state index is 0.505. The first-order valence-corrected chi connectivity index (χ1v) is 10.1. The van der Waals surface area contributed by atoms with Gasteiger partial charge in [0.15, 0.2) is 11.5 Å². The van der Waals surface area contributed by atoms with Gasteiger partial charge < -0.3 is 14.8 Å². The highest BCUT2D eigenvalue weighted by atomic mass is 79.9. The molecule has 3 aromatic carbocycles. The quantitative estimate of drug-likeness (QED) is 0.451. The molecule has 1 N–H and O–H groups in total. The maximum atomic E-state index is 6.02. The van der Waals surface area contributed by atoms with E-state index in [0.717, 1.165) is 32.8 Å². The summed E-state index contributed by atoms with van der Waals surface area (Å²) in [5.41, 5.74) is 7.15. The van der Waals surface area contributed by atoms with Gasteiger partial charge in [0.25, 0.3) is 0 Å². The Balaban J connectivity index is 1.72. The van der Waals surface area contributed by atoms with Gasteiger partial charge in [0, 0.05) is 16.7 Å². The summed E-state index contributed by atoms with van der Waals surface area (Å²) in [4.78, 5) is 0. The van der Waals surface area contributed by atoms with E-state index in [2.05, 4.69) is 78.4 Å². The second-order valence-electron chi connectivity index (χ2n) is 7.02. The van der Waals surface area contributed by atoms with Crippen LogP contribution in [-0.4, -0.2) is 7.11 Å². The smallest absolute Gasteiger partial charge is 0.162 e. The van der Waals surface area contributed by atoms with Gasteiger partial charge in [0.1, 0.15) is 6.61 Å². The van der Waals surface area contributed by atoms with E-state index in [4.69, 9.17) is 9.47 Å². The molecule has 28 heavy (non-hydrogen) atoms. The second kappa shape index (κ2) is 9.16. The molecule has 0 bridgehead atoms. The van der Waals surface area contributed by atoms with E-state index in [1.807, 2.05) is 18.2 Å². The molecule has 0 heterocycles. The highest BCUT2D eigenvalue weighted by Gasteiger charge is 2.11. The number of rotatable bonds is 7. The van der Waals surface area contributed by atoms with Crippen LogP contribution < -0.4 is 14.8 Å². The molecule has 0 unspecified atom stereocenters. The first-order chi connectivity index (χ1) is 13.5. The zero-order chi connectivity index (χ0) is 20.1. The van der Waals surface area contributed by atoms with Gasteiger partial charge in [-0.1, -0.05) is 51.8 Å². The molecule has 0 aliphatic carbocycles. The van der Waals surface area contributed by atoms with Gasteiger partial charge in [-0.05, 0) is 67.3 Å². The summed E-state index contributed by atoms with van der Waals surface area (Å²) in [6.45, 7) is 7.52. The summed E-state index contributed by atoms with van der Waals surface area (Å²) in [7, 11) is 1.67. The molecule has 0 saturated carbocycles. The van der Waals surface area contributed by atoms with Gasteiger partial charge in [-0.15, -0.1) is 0 Å². The van der Waals surface area contributed by atoms with Crippen LogP contribution in [0.15, 0.2) is 59.1 Å². The molecule has 0 amide bonds. The average Bonchev–Trinajstić information content (AvgIpc) is 2.68. The first kappa shape index (κ1) is 20.3. The lowest BCUT2D eigenvalue weighted by atomic mass is 10.1. The van der Waals surface area contributed by atoms with Crippen molar-refractivity contribution in [2.75, 3.05) is 12.4 Å². The number of methoxy groups -OCH3 is 1. The molecule has 0 aliphatic heterocycles. The minimum Gasteiger partial charge on any atom is -0.493 e. The fourth-order valence-electron chi connectivity index (χ4n) is 3.00. The van der Waals surface area contributed by atoms with Gasteiger partial charge in [0.2, 0.25) is 0 Å². The van der Waals surface area contributed by atoms with Gasteiger partial charge in [-0.3, -0.25) is 0 Å². The summed E-state index contributed by atoms with van der Waals surface area (Å²) in [6.07, 6.45) is 0. The molecule has 0 fully saturated rings. The maximum Gasteiger partial charge on any atom is 0.162 e. The highest BCUT2D eigenvalue weighted by molar-refractivity contribution is 9.10. The topological polar surface area (TPSA) is 30.5 Å². The van der Waals surface area contributed by atoms with Crippen molar-refractivity contribution in [2.45, 2.75) is 33.9 Å². The van der Waals surface area contributed by atoms with E-state index in [0.29, 0.717) is 13.2 Å². The third-order valence-electron chi connectivity index (χ3n) is 4.80. The van der Waals surface area contributed by atoms with Crippen molar-refractivity contribution in [1.82, 2.24) is 0 Å². The summed E-state index contributed by atoms with van der Waals surface area (Å²) in [6, 6.07) is 18.7. The zero-order valence-electron chi connectivity index (χ0n) is 16.8. The summed E-state index contributed by atoms with van der Waals surface area (Å²) >= 11 is 3.67. The molecule has 146 valence electrons. The Morgan fingerprint density at radius 3 is 2.43 bits per heavy atom. The molecule has 0 radical (unpaired) electrons.